The van der Waals surface area contributed by atoms with Gasteiger partial charge in [-0.05, 0) is 49.3 Å². The zero-order valence-corrected chi connectivity index (χ0v) is 15.4. The fraction of sp³-hybridized carbons (Fsp3) is 0.600. The van der Waals surface area contributed by atoms with E-state index in [9.17, 15) is 9.59 Å². The summed E-state index contributed by atoms with van der Waals surface area (Å²) in [4.78, 5) is 25.4. The third kappa shape index (κ3) is 4.16. The van der Waals surface area contributed by atoms with Crippen LogP contribution < -0.4 is 10.2 Å². The molecule has 0 saturated carbocycles. The molecule has 1 heterocycles. The molecule has 1 aliphatic heterocycles. The molecule has 0 spiro atoms. The second-order valence-electron chi connectivity index (χ2n) is 6.90. The molecule has 1 aliphatic rings. The molecule has 2 amide bonds. The fourth-order valence-corrected chi connectivity index (χ4v) is 3.72. The predicted octanol–water partition coefficient (Wildman–Crippen LogP) is 3.92. The van der Waals surface area contributed by atoms with Crippen molar-refractivity contribution in [1.82, 2.24) is 5.32 Å². The molecule has 1 saturated heterocycles. The molecule has 1 fully saturated rings. The van der Waals surface area contributed by atoms with Gasteiger partial charge in [-0.3, -0.25) is 14.9 Å². The van der Waals surface area contributed by atoms with Gasteiger partial charge in [-0.2, -0.15) is 0 Å². The lowest BCUT2D eigenvalue weighted by atomic mass is 9.89. The summed E-state index contributed by atoms with van der Waals surface area (Å²) in [7, 11) is 1.94. The Labute approximate surface area is 145 Å². The molecule has 1 aromatic rings. The Balaban J connectivity index is 2.19. The van der Waals surface area contributed by atoms with Crippen LogP contribution >= 0.6 is 0 Å². The highest BCUT2D eigenvalue weighted by atomic mass is 16.2. The number of nitrogens with zero attached hydrogens (tertiary/aromatic N) is 1. The molecule has 132 valence electrons. The molecule has 0 aliphatic carbocycles. The summed E-state index contributed by atoms with van der Waals surface area (Å²) in [5, 5.41) is 2.44. The second-order valence-corrected chi connectivity index (χ2v) is 6.90. The average molecular weight is 330 g/mol. The van der Waals surface area contributed by atoms with E-state index < -0.39 is 0 Å². The van der Waals surface area contributed by atoms with Gasteiger partial charge in [0.1, 0.15) is 6.04 Å². The van der Waals surface area contributed by atoms with E-state index in [-0.39, 0.29) is 17.9 Å². The van der Waals surface area contributed by atoms with Gasteiger partial charge in [0.2, 0.25) is 11.8 Å². The molecular weight excluding hydrogens is 300 g/mol. The fourth-order valence-electron chi connectivity index (χ4n) is 3.72. The number of carbonyl (C=O) groups is 2. The highest BCUT2D eigenvalue weighted by molar-refractivity contribution is 6.01. The van der Waals surface area contributed by atoms with Crippen molar-refractivity contribution < 1.29 is 9.59 Å². The maximum absolute atomic E-state index is 12.1. The first-order valence-corrected chi connectivity index (χ1v) is 9.15. The number of nitrogens with one attached hydrogen (secondary N) is 1. The zero-order valence-electron chi connectivity index (χ0n) is 15.4. The van der Waals surface area contributed by atoms with E-state index in [0.717, 1.165) is 5.69 Å². The Kier molecular flexibility index (Phi) is 6.41. The van der Waals surface area contributed by atoms with E-state index in [2.05, 4.69) is 44.3 Å². The van der Waals surface area contributed by atoms with Crippen molar-refractivity contribution in [2.75, 3.05) is 11.9 Å². The number of hydrogen-bond acceptors (Lipinski definition) is 3. The van der Waals surface area contributed by atoms with Crippen LogP contribution in [0.1, 0.15) is 69.4 Å². The van der Waals surface area contributed by atoms with Gasteiger partial charge in [0.15, 0.2) is 0 Å². The van der Waals surface area contributed by atoms with Crippen LogP contribution in [-0.4, -0.2) is 24.9 Å². The van der Waals surface area contributed by atoms with Gasteiger partial charge in [-0.15, -0.1) is 0 Å². The SMILES string of the molecule is CCCC(CCC)c1ccc(N(C)C2CCC(=O)NC2=O)c(C)c1. The number of benzene rings is 1. The molecule has 1 atom stereocenters. The molecule has 4 heteroatoms. The van der Waals surface area contributed by atoms with Crippen molar-refractivity contribution in [2.24, 2.45) is 0 Å². The average Bonchev–Trinajstić information content (AvgIpc) is 2.54. The molecule has 0 aromatic heterocycles. The van der Waals surface area contributed by atoms with Gasteiger partial charge in [0.25, 0.3) is 0 Å². The number of rotatable bonds is 7. The maximum Gasteiger partial charge on any atom is 0.249 e. The monoisotopic (exact) mass is 330 g/mol. The molecule has 0 radical (unpaired) electrons. The third-order valence-corrected chi connectivity index (χ3v) is 5.02. The summed E-state index contributed by atoms with van der Waals surface area (Å²) in [6.45, 7) is 6.58. The predicted molar refractivity (Wildman–Crippen MR) is 98.3 cm³/mol. The van der Waals surface area contributed by atoms with E-state index in [0.29, 0.717) is 18.8 Å². The summed E-state index contributed by atoms with van der Waals surface area (Å²) in [5.74, 6) is 0.263. The first-order chi connectivity index (χ1) is 11.5. The molecule has 2 rings (SSSR count). The van der Waals surface area contributed by atoms with Crippen LogP contribution in [0.2, 0.25) is 0 Å². The van der Waals surface area contributed by atoms with E-state index >= 15 is 0 Å². The normalized spacial score (nSPS) is 18.0. The Morgan fingerprint density at radius 1 is 1.21 bits per heavy atom. The maximum atomic E-state index is 12.1. The first-order valence-electron chi connectivity index (χ1n) is 9.15. The number of amides is 2. The molecule has 1 aromatic carbocycles. The van der Waals surface area contributed by atoms with Gasteiger partial charge >= 0.3 is 0 Å². The van der Waals surface area contributed by atoms with Crippen molar-refractivity contribution in [3.05, 3.63) is 29.3 Å². The van der Waals surface area contributed by atoms with Crippen LogP contribution in [-0.2, 0) is 9.59 Å². The van der Waals surface area contributed by atoms with Crippen LogP contribution in [0.3, 0.4) is 0 Å². The summed E-state index contributed by atoms with van der Waals surface area (Å²) in [6.07, 6.45) is 5.82. The number of anilines is 1. The van der Waals surface area contributed by atoms with Crippen molar-refractivity contribution in [1.29, 1.82) is 0 Å². The lowest BCUT2D eigenvalue weighted by Gasteiger charge is -2.32. The number of carbonyl (C=O) groups excluding carboxylic acids is 2. The molecule has 0 bridgehead atoms. The van der Waals surface area contributed by atoms with Crippen molar-refractivity contribution in [3.8, 4) is 0 Å². The number of aryl methyl sites for hydroxylation is 1. The third-order valence-electron chi connectivity index (χ3n) is 5.02. The lowest BCUT2D eigenvalue weighted by molar-refractivity contribution is -0.134. The molecular formula is C20H30N2O2. The molecule has 24 heavy (non-hydrogen) atoms. The second kappa shape index (κ2) is 8.32. The highest BCUT2D eigenvalue weighted by Crippen LogP contribution is 2.31. The van der Waals surface area contributed by atoms with Crippen LogP contribution in [0, 0.1) is 6.92 Å². The van der Waals surface area contributed by atoms with Crippen molar-refractivity contribution >= 4 is 17.5 Å². The van der Waals surface area contributed by atoms with Crippen LogP contribution in [0.4, 0.5) is 5.69 Å². The summed E-state index contributed by atoms with van der Waals surface area (Å²) in [6, 6.07) is 6.34. The first kappa shape index (κ1) is 18.5. The van der Waals surface area contributed by atoms with Gasteiger partial charge in [-0.25, -0.2) is 0 Å². The van der Waals surface area contributed by atoms with E-state index in [1.54, 1.807) is 0 Å². The van der Waals surface area contributed by atoms with Crippen molar-refractivity contribution in [2.45, 2.75) is 71.3 Å². The minimum absolute atomic E-state index is 0.168. The topological polar surface area (TPSA) is 49.4 Å². The smallest absolute Gasteiger partial charge is 0.249 e. The Morgan fingerprint density at radius 2 is 1.88 bits per heavy atom. The Hall–Kier alpha value is -1.84. The van der Waals surface area contributed by atoms with E-state index in [1.807, 2.05) is 11.9 Å². The summed E-state index contributed by atoms with van der Waals surface area (Å²) >= 11 is 0. The van der Waals surface area contributed by atoms with E-state index in [1.165, 1.54) is 36.8 Å². The summed E-state index contributed by atoms with van der Waals surface area (Å²) < 4.78 is 0. The largest absolute Gasteiger partial charge is 0.362 e. The molecule has 1 unspecified atom stereocenters. The van der Waals surface area contributed by atoms with Gasteiger partial charge in [0.05, 0.1) is 0 Å². The molecule has 1 N–H and O–H groups in total. The van der Waals surface area contributed by atoms with Gasteiger partial charge in [-0.1, -0.05) is 38.8 Å². The van der Waals surface area contributed by atoms with Crippen molar-refractivity contribution in [3.63, 3.8) is 0 Å². The van der Waals surface area contributed by atoms with E-state index in [4.69, 9.17) is 0 Å². The van der Waals surface area contributed by atoms with Gasteiger partial charge in [0, 0.05) is 19.2 Å². The number of likely N-dealkylation sites (N-methyl/N-ethyl adjacent to an activating group) is 1. The van der Waals surface area contributed by atoms with Crippen LogP contribution in [0.15, 0.2) is 18.2 Å². The standard InChI is InChI=1S/C20H30N2O2/c1-5-7-15(8-6-2)16-9-10-17(14(3)13-16)22(4)18-11-12-19(23)21-20(18)24/h9-10,13,15,18H,5-8,11-12H2,1-4H3,(H,21,23,24). The Bertz CT molecular complexity index is 591. The molecule has 4 nitrogen and oxygen atoms in total. The number of hydrogen-bond donors (Lipinski definition) is 1. The quantitative estimate of drug-likeness (QED) is 0.771. The zero-order chi connectivity index (χ0) is 17.7. The van der Waals surface area contributed by atoms with Gasteiger partial charge < -0.3 is 4.90 Å². The lowest BCUT2D eigenvalue weighted by Crippen LogP contribution is -2.51. The van der Waals surface area contributed by atoms with Crippen LogP contribution in [0.5, 0.6) is 0 Å². The van der Waals surface area contributed by atoms with Crippen LogP contribution in [0.25, 0.3) is 0 Å². The Morgan fingerprint density at radius 3 is 2.42 bits per heavy atom. The highest BCUT2D eigenvalue weighted by Gasteiger charge is 2.30. The minimum atomic E-state index is -0.269. The summed E-state index contributed by atoms with van der Waals surface area (Å²) in [5.41, 5.74) is 3.66. The number of piperidine rings is 1. The number of imide groups is 1. The minimum Gasteiger partial charge on any atom is -0.362 e.